The molecule has 0 saturated carbocycles. The van der Waals surface area contributed by atoms with E-state index in [1.807, 2.05) is 0 Å². The third-order valence-corrected chi connectivity index (χ3v) is 3.69. The van der Waals surface area contributed by atoms with E-state index in [0.29, 0.717) is 24.2 Å². The van der Waals surface area contributed by atoms with Crippen molar-refractivity contribution in [1.82, 2.24) is 20.2 Å². The Labute approximate surface area is 127 Å². The van der Waals surface area contributed by atoms with Gasteiger partial charge in [0.05, 0.1) is 24.2 Å². The maximum Gasteiger partial charge on any atom is 0.237 e. The molecular formula is C15H17FN4O2. The van der Waals surface area contributed by atoms with Gasteiger partial charge in [-0.2, -0.15) is 0 Å². The Morgan fingerprint density at radius 3 is 3.05 bits per heavy atom. The normalized spacial score (nSPS) is 21.0. The van der Waals surface area contributed by atoms with E-state index in [9.17, 15) is 14.3 Å². The number of imidazole rings is 1. The fourth-order valence-electron chi connectivity index (χ4n) is 2.50. The van der Waals surface area contributed by atoms with E-state index in [0.717, 1.165) is 0 Å². The molecule has 1 aliphatic rings. The van der Waals surface area contributed by atoms with E-state index in [-0.39, 0.29) is 24.3 Å². The molecule has 0 bridgehead atoms. The van der Waals surface area contributed by atoms with Crippen molar-refractivity contribution >= 4 is 5.91 Å². The van der Waals surface area contributed by atoms with Crippen LogP contribution in [0.4, 0.5) is 4.39 Å². The highest BCUT2D eigenvalue weighted by molar-refractivity contribution is 5.82. The van der Waals surface area contributed by atoms with Gasteiger partial charge in [0.25, 0.3) is 0 Å². The molecule has 0 aliphatic carbocycles. The van der Waals surface area contributed by atoms with Gasteiger partial charge in [0.2, 0.25) is 5.91 Å². The maximum atomic E-state index is 14.1. The number of carbonyl (C=O) groups excluding carboxylic acids is 1. The molecule has 7 heteroatoms. The number of aromatic nitrogens is 2. The third-order valence-electron chi connectivity index (χ3n) is 3.69. The number of aliphatic hydroxyl groups excluding tert-OH is 1. The van der Waals surface area contributed by atoms with Crippen LogP contribution in [0.2, 0.25) is 0 Å². The molecule has 22 heavy (non-hydrogen) atoms. The topological polar surface area (TPSA) is 79.2 Å². The first kappa shape index (κ1) is 14.7. The number of β-amino-alcohol motifs (C(OH)–C–C–N with tert-alkyl or cyclic N) is 1. The van der Waals surface area contributed by atoms with Crippen molar-refractivity contribution in [2.45, 2.75) is 25.1 Å². The van der Waals surface area contributed by atoms with Gasteiger partial charge in [-0.1, -0.05) is 6.07 Å². The lowest BCUT2D eigenvalue weighted by atomic mass is 10.1. The van der Waals surface area contributed by atoms with Crippen molar-refractivity contribution in [2.24, 2.45) is 0 Å². The van der Waals surface area contributed by atoms with Gasteiger partial charge < -0.3 is 20.3 Å². The van der Waals surface area contributed by atoms with E-state index in [1.54, 1.807) is 29.1 Å². The molecule has 1 aromatic heterocycles. The van der Waals surface area contributed by atoms with Crippen LogP contribution in [0.15, 0.2) is 36.9 Å². The van der Waals surface area contributed by atoms with E-state index in [1.165, 1.54) is 12.4 Å². The van der Waals surface area contributed by atoms with Gasteiger partial charge in [-0.15, -0.1) is 0 Å². The van der Waals surface area contributed by atoms with Gasteiger partial charge in [-0.3, -0.25) is 4.79 Å². The van der Waals surface area contributed by atoms with Crippen LogP contribution in [-0.4, -0.2) is 39.3 Å². The van der Waals surface area contributed by atoms with Crippen LogP contribution in [0.1, 0.15) is 12.0 Å². The Kier molecular flexibility index (Phi) is 4.17. The molecule has 3 N–H and O–H groups in total. The van der Waals surface area contributed by atoms with Crippen molar-refractivity contribution in [3.05, 3.63) is 48.3 Å². The Hall–Kier alpha value is -2.25. The first-order valence-electron chi connectivity index (χ1n) is 7.09. The Morgan fingerprint density at radius 1 is 1.55 bits per heavy atom. The second-order valence-corrected chi connectivity index (χ2v) is 5.32. The van der Waals surface area contributed by atoms with Crippen molar-refractivity contribution in [2.75, 3.05) is 6.54 Å². The minimum Gasteiger partial charge on any atom is -0.392 e. The fourth-order valence-corrected chi connectivity index (χ4v) is 2.50. The summed E-state index contributed by atoms with van der Waals surface area (Å²) in [5.41, 5.74) is 1.08. The molecule has 1 aromatic carbocycles. The summed E-state index contributed by atoms with van der Waals surface area (Å²) < 4.78 is 15.7. The molecule has 1 fully saturated rings. The molecule has 116 valence electrons. The Balaban J connectivity index is 1.61. The molecule has 1 saturated heterocycles. The number of halogens is 1. The summed E-state index contributed by atoms with van der Waals surface area (Å²) in [4.78, 5) is 15.8. The summed E-state index contributed by atoms with van der Waals surface area (Å²) in [6.45, 7) is 0.667. The zero-order valence-corrected chi connectivity index (χ0v) is 11.9. The maximum absolute atomic E-state index is 14.1. The summed E-state index contributed by atoms with van der Waals surface area (Å²) >= 11 is 0. The van der Waals surface area contributed by atoms with Crippen molar-refractivity contribution in [3.8, 4) is 5.69 Å². The SMILES string of the molecule is O=C(NCc1ccc(-n2ccnc2)c(F)c1)[C@@H]1C[C@H](O)CN1. The summed E-state index contributed by atoms with van der Waals surface area (Å²) in [6.07, 6.45) is 4.69. The Morgan fingerprint density at radius 2 is 2.41 bits per heavy atom. The number of benzene rings is 1. The minimum atomic E-state index is -0.484. The molecule has 0 radical (unpaired) electrons. The van der Waals surface area contributed by atoms with Crippen molar-refractivity contribution in [3.63, 3.8) is 0 Å². The van der Waals surface area contributed by atoms with E-state index < -0.39 is 6.10 Å². The molecule has 3 rings (SSSR count). The van der Waals surface area contributed by atoms with Gasteiger partial charge in [-0.05, 0) is 24.1 Å². The molecular weight excluding hydrogens is 287 g/mol. The highest BCUT2D eigenvalue weighted by atomic mass is 19.1. The standard InChI is InChI=1S/C15H17FN4O2/c16-12-5-10(1-2-14(12)20-4-3-17-9-20)7-19-15(22)13-6-11(21)8-18-13/h1-5,9,11,13,18,21H,6-8H2,(H,19,22)/t11-,13-/m0/s1. The molecule has 2 aromatic rings. The molecule has 0 spiro atoms. The van der Waals surface area contributed by atoms with Crippen molar-refractivity contribution in [1.29, 1.82) is 0 Å². The fraction of sp³-hybridized carbons (Fsp3) is 0.333. The van der Waals surface area contributed by atoms with Crippen molar-refractivity contribution < 1.29 is 14.3 Å². The van der Waals surface area contributed by atoms with Crippen LogP contribution in [-0.2, 0) is 11.3 Å². The minimum absolute atomic E-state index is 0.185. The number of carbonyl (C=O) groups is 1. The predicted octanol–water partition coefficient (Wildman–Crippen LogP) is 0.350. The van der Waals surface area contributed by atoms with E-state index >= 15 is 0 Å². The van der Waals surface area contributed by atoms with Gasteiger partial charge >= 0.3 is 0 Å². The average molecular weight is 304 g/mol. The number of hydrogen-bond donors (Lipinski definition) is 3. The number of aliphatic hydroxyl groups is 1. The second-order valence-electron chi connectivity index (χ2n) is 5.32. The molecule has 2 heterocycles. The number of nitrogens with one attached hydrogen (secondary N) is 2. The molecule has 6 nitrogen and oxygen atoms in total. The second kappa shape index (κ2) is 6.25. The number of hydrogen-bond acceptors (Lipinski definition) is 4. The van der Waals surface area contributed by atoms with Gasteiger partial charge in [0.1, 0.15) is 5.82 Å². The van der Waals surface area contributed by atoms with Crippen LogP contribution in [0.25, 0.3) is 5.69 Å². The van der Waals surface area contributed by atoms with Crippen LogP contribution < -0.4 is 10.6 Å². The summed E-state index contributed by atoms with van der Waals surface area (Å²) in [5, 5.41) is 15.1. The van der Waals surface area contributed by atoms with Gasteiger partial charge in [0, 0.05) is 25.5 Å². The quantitative estimate of drug-likeness (QED) is 0.761. The number of nitrogens with zero attached hydrogens (tertiary/aromatic N) is 2. The molecule has 2 atom stereocenters. The zero-order chi connectivity index (χ0) is 15.5. The number of rotatable bonds is 4. The average Bonchev–Trinajstić information content (AvgIpc) is 3.16. The number of amides is 1. The third kappa shape index (κ3) is 3.15. The lowest BCUT2D eigenvalue weighted by Gasteiger charge is -2.12. The molecule has 1 aliphatic heterocycles. The van der Waals surface area contributed by atoms with E-state index in [2.05, 4.69) is 15.6 Å². The molecule has 1 amide bonds. The first-order chi connectivity index (χ1) is 10.6. The van der Waals surface area contributed by atoms with Crippen LogP contribution in [0.5, 0.6) is 0 Å². The zero-order valence-electron chi connectivity index (χ0n) is 11.9. The monoisotopic (exact) mass is 304 g/mol. The lowest BCUT2D eigenvalue weighted by Crippen LogP contribution is -2.40. The van der Waals surface area contributed by atoms with Gasteiger partial charge in [-0.25, -0.2) is 9.37 Å². The highest BCUT2D eigenvalue weighted by Crippen LogP contribution is 2.15. The van der Waals surface area contributed by atoms with Crippen LogP contribution in [0.3, 0.4) is 0 Å². The van der Waals surface area contributed by atoms with E-state index in [4.69, 9.17) is 0 Å². The van der Waals surface area contributed by atoms with Crippen LogP contribution >= 0.6 is 0 Å². The summed E-state index contributed by atoms with van der Waals surface area (Å²) in [5.74, 6) is -0.560. The van der Waals surface area contributed by atoms with Gasteiger partial charge in [0.15, 0.2) is 0 Å². The lowest BCUT2D eigenvalue weighted by molar-refractivity contribution is -0.123. The smallest absolute Gasteiger partial charge is 0.237 e. The summed E-state index contributed by atoms with van der Waals surface area (Å²) in [6, 6.07) is 4.42. The highest BCUT2D eigenvalue weighted by Gasteiger charge is 2.27. The largest absolute Gasteiger partial charge is 0.392 e. The molecule has 0 unspecified atom stereocenters. The first-order valence-corrected chi connectivity index (χ1v) is 7.09. The Bertz CT molecular complexity index is 660. The summed E-state index contributed by atoms with van der Waals surface area (Å²) in [7, 11) is 0. The predicted molar refractivity (Wildman–Crippen MR) is 77.8 cm³/mol. The van der Waals surface area contributed by atoms with Crippen LogP contribution in [0, 0.1) is 5.82 Å².